The van der Waals surface area contributed by atoms with Gasteiger partial charge in [-0.15, -0.1) is 0 Å². The number of aromatic nitrogens is 3. The maximum Gasteiger partial charge on any atom is 0.110 e. The highest BCUT2D eigenvalue weighted by molar-refractivity contribution is 5.61. The summed E-state index contributed by atoms with van der Waals surface area (Å²) < 4.78 is 2.33. The third kappa shape index (κ3) is 1.74. The van der Waals surface area contributed by atoms with Gasteiger partial charge in [0.05, 0.1) is 5.69 Å². The minimum Gasteiger partial charge on any atom is -0.331 e. The van der Waals surface area contributed by atoms with Crippen molar-refractivity contribution in [2.45, 2.75) is 25.8 Å². The van der Waals surface area contributed by atoms with Gasteiger partial charge in [0.2, 0.25) is 0 Å². The third-order valence-corrected chi connectivity index (χ3v) is 3.25. The second-order valence-corrected chi connectivity index (χ2v) is 4.36. The van der Waals surface area contributed by atoms with Crippen LogP contribution in [-0.4, -0.2) is 21.1 Å². The Morgan fingerprint density at radius 3 is 3.12 bits per heavy atom. The van der Waals surface area contributed by atoms with Gasteiger partial charge in [0.25, 0.3) is 0 Å². The zero-order valence-electron chi connectivity index (χ0n) is 9.76. The van der Waals surface area contributed by atoms with Crippen molar-refractivity contribution in [3.8, 4) is 11.3 Å². The molecule has 0 radical (unpaired) electrons. The van der Waals surface area contributed by atoms with Crippen molar-refractivity contribution in [3.05, 3.63) is 36.0 Å². The summed E-state index contributed by atoms with van der Waals surface area (Å²) in [6.45, 7) is 1.74. The van der Waals surface area contributed by atoms with Gasteiger partial charge in [0, 0.05) is 36.6 Å². The summed E-state index contributed by atoms with van der Waals surface area (Å²) >= 11 is 0. The topological polar surface area (TPSA) is 56.7 Å². The maximum absolute atomic E-state index is 5.64. The fourth-order valence-corrected chi connectivity index (χ4v) is 2.51. The fourth-order valence-electron chi connectivity index (χ4n) is 2.51. The average molecular weight is 228 g/mol. The summed E-state index contributed by atoms with van der Waals surface area (Å²) in [6.07, 6.45) is 6.85. The van der Waals surface area contributed by atoms with Crippen molar-refractivity contribution in [2.75, 3.05) is 6.54 Å². The third-order valence-electron chi connectivity index (χ3n) is 3.25. The number of imidazole rings is 1. The molecule has 3 rings (SSSR count). The predicted molar refractivity (Wildman–Crippen MR) is 66.5 cm³/mol. The number of nitrogens with two attached hydrogens (primary N) is 1. The first-order valence-electron chi connectivity index (χ1n) is 6.09. The number of fused-ring (bicyclic) bond motifs is 1. The lowest BCUT2D eigenvalue weighted by Crippen LogP contribution is -2.08. The molecule has 0 amide bonds. The molecule has 2 aromatic rings. The monoisotopic (exact) mass is 228 g/mol. The van der Waals surface area contributed by atoms with E-state index < -0.39 is 0 Å². The molecule has 3 heterocycles. The second-order valence-electron chi connectivity index (χ2n) is 4.36. The van der Waals surface area contributed by atoms with Crippen molar-refractivity contribution in [3.63, 3.8) is 0 Å². The van der Waals surface area contributed by atoms with Crippen LogP contribution in [0.2, 0.25) is 0 Å². The van der Waals surface area contributed by atoms with Crippen LogP contribution in [0.4, 0.5) is 0 Å². The molecule has 0 aliphatic carbocycles. The molecule has 0 atom stereocenters. The largest absolute Gasteiger partial charge is 0.331 e. The summed E-state index contributed by atoms with van der Waals surface area (Å²) in [5, 5.41) is 0. The van der Waals surface area contributed by atoms with Gasteiger partial charge >= 0.3 is 0 Å². The smallest absolute Gasteiger partial charge is 0.110 e. The second kappa shape index (κ2) is 4.30. The van der Waals surface area contributed by atoms with E-state index in [4.69, 9.17) is 10.7 Å². The average Bonchev–Trinajstić information content (AvgIpc) is 2.94. The lowest BCUT2D eigenvalue weighted by molar-refractivity contribution is 0.685. The van der Waals surface area contributed by atoms with Crippen LogP contribution in [0.5, 0.6) is 0 Å². The molecule has 2 N–H and O–H groups in total. The van der Waals surface area contributed by atoms with Crippen LogP contribution < -0.4 is 5.73 Å². The van der Waals surface area contributed by atoms with Gasteiger partial charge in [0.15, 0.2) is 0 Å². The van der Waals surface area contributed by atoms with E-state index in [1.54, 1.807) is 6.20 Å². The highest BCUT2D eigenvalue weighted by Gasteiger charge is 2.21. The quantitative estimate of drug-likeness (QED) is 0.863. The summed E-state index contributed by atoms with van der Waals surface area (Å²) in [6, 6.07) is 4.03. The molecule has 0 aromatic carbocycles. The van der Waals surface area contributed by atoms with Crippen molar-refractivity contribution >= 4 is 0 Å². The summed E-state index contributed by atoms with van der Waals surface area (Å²) in [5.74, 6) is 1.12. The first kappa shape index (κ1) is 10.5. The zero-order chi connectivity index (χ0) is 11.7. The Labute approximate surface area is 101 Å². The molecule has 0 saturated carbocycles. The SMILES string of the molecule is NCCc1nc(-c2cccnc2)c2n1CCC2. The van der Waals surface area contributed by atoms with E-state index >= 15 is 0 Å². The lowest BCUT2D eigenvalue weighted by atomic mass is 10.1. The van der Waals surface area contributed by atoms with Crippen LogP contribution >= 0.6 is 0 Å². The summed E-state index contributed by atoms with van der Waals surface area (Å²) in [5.41, 5.74) is 9.19. The maximum atomic E-state index is 5.64. The molecule has 2 aromatic heterocycles. The fraction of sp³-hybridized carbons (Fsp3) is 0.385. The normalized spacial score (nSPS) is 13.9. The van der Waals surface area contributed by atoms with Gasteiger partial charge in [-0.1, -0.05) is 0 Å². The van der Waals surface area contributed by atoms with Gasteiger partial charge in [-0.25, -0.2) is 4.98 Å². The van der Waals surface area contributed by atoms with Crippen LogP contribution in [-0.2, 0) is 19.4 Å². The number of pyridine rings is 1. The zero-order valence-corrected chi connectivity index (χ0v) is 9.76. The highest BCUT2D eigenvalue weighted by atomic mass is 15.1. The van der Waals surface area contributed by atoms with E-state index in [1.165, 1.54) is 12.1 Å². The van der Waals surface area contributed by atoms with E-state index in [0.717, 1.165) is 36.5 Å². The highest BCUT2D eigenvalue weighted by Crippen LogP contribution is 2.28. The van der Waals surface area contributed by atoms with Crippen LogP contribution in [0.3, 0.4) is 0 Å². The Balaban J connectivity index is 2.09. The van der Waals surface area contributed by atoms with Crippen molar-refractivity contribution in [1.29, 1.82) is 0 Å². The Kier molecular flexibility index (Phi) is 2.65. The molecule has 4 nitrogen and oxygen atoms in total. The first-order chi connectivity index (χ1) is 8.40. The van der Waals surface area contributed by atoms with E-state index in [-0.39, 0.29) is 0 Å². The molecule has 4 heteroatoms. The molecule has 0 bridgehead atoms. The van der Waals surface area contributed by atoms with Crippen LogP contribution in [0.15, 0.2) is 24.5 Å². The lowest BCUT2D eigenvalue weighted by Gasteiger charge is -2.01. The molecule has 1 aliphatic rings. The van der Waals surface area contributed by atoms with Crippen molar-refractivity contribution < 1.29 is 0 Å². The molecular formula is C13H16N4. The Morgan fingerprint density at radius 2 is 2.35 bits per heavy atom. The molecule has 0 unspecified atom stereocenters. The van der Waals surface area contributed by atoms with E-state index in [9.17, 15) is 0 Å². The van der Waals surface area contributed by atoms with E-state index in [0.29, 0.717) is 6.54 Å². The van der Waals surface area contributed by atoms with Gasteiger partial charge in [-0.2, -0.15) is 0 Å². The van der Waals surface area contributed by atoms with Gasteiger partial charge in [0.1, 0.15) is 5.82 Å². The summed E-state index contributed by atoms with van der Waals surface area (Å²) in [4.78, 5) is 8.90. The molecule has 17 heavy (non-hydrogen) atoms. The number of rotatable bonds is 3. The minimum atomic E-state index is 0.656. The summed E-state index contributed by atoms with van der Waals surface area (Å²) in [7, 11) is 0. The molecule has 88 valence electrons. The Bertz CT molecular complexity index is 516. The van der Waals surface area contributed by atoms with E-state index in [1.807, 2.05) is 12.3 Å². The van der Waals surface area contributed by atoms with Crippen LogP contribution in [0.25, 0.3) is 11.3 Å². The van der Waals surface area contributed by atoms with Crippen LogP contribution in [0, 0.1) is 0 Å². The first-order valence-corrected chi connectivity index (χ1v) is 6.09. The predicted octanol–water partition coefficient (Wildman–Crippen LogP) is 1.39. The minimum absolute atomic E-state index is 0.656. The van der Waals surface area contributed by atoms with Gasteiger partial charge in [-0.05, 0) is 31.5 Å². The molecule has 0 spiro atoms. The Hall–Kier alpha value is -1.68. The Morgan fingerprint density at radius 1 is 1.41 bits per heavy atom. The van der Waals surface area contributed by atoms with Crippen LogP contribution in [0.1, 0.15) is 17.9 Å². The molecular weight excluding hydrogens is 212 g/mol. The number of hydrogen-bond acceptors (Lipinski definition) is 3. The van der Waals surface area contributed by atoms with E-state index in [2.05, 4.69) is 15.6 Å². The van der Waals surface area contributed by atoms with Gasteiger partial charge in [-0.3, -0.25) is 4.98 Å². The van der Waals surface area contributed by atoms with Crippen molar-refractivity contribution in [1.82, 2.24) is 14.5 Å². The standard InChI is InChI=1S/C13H16N4/c14-6-5-12-16-13(10-3-1-7-15-9-10)11-4-2-8-17(11)12/h1,3,7,9H,2,4-6,8,14H2. The molecule has 0 fully saturated rings. The molecule has 1 aliphatic heterocycles. The molecule has 0 saturated heterocycles. The number of hydrogen-bond donors (Lipinski definition) is 1. The van der Waals surface area contributed by atoms with Gasteiger partial charge < -0.3 is 10.3 Å². The van der Waals surface area contributed by atoms with Crippen molar-refractivity contribution in [2.24, 2.45) is 5.73 Å². The number of nitrogens with zero attached hydrogens (tertiary/aromatic N) is 3.